The van der Waals surface area contributed by atoms with Crippen LogP contribution in [-0.4, -0.2) is 16.7 Å². The molecule has 0 aliphatic carbocycles. The van der Waals surface area contributed by atoms with Crippen LogP contribution in [0.15, 0.2) is 27.4 Å². The number of benzene rings is 1. The SMILES string of the molecule is Cc1cccc2nc([C@@H](NC(=O)OC(C)(C)C)C(C)C)oc(=O)c12. The van der Waals surface area contributed by atoms with E-state index in [4.69, 9.17) is 9.15 Å². The van der Waals surface area contributed by atoms with Crippen LogP contribution < -0.4 is 10.9 Å². The summed E-state index contributed by atoms with van der Waals surface area (Å²) in [6.45, 7) is 11.0. The van der Waals surface area contributed by atoms with Crippen molar-refractivity contribution in [1.82, 2.24) is 10.3 Å². The third-order valence-electron chi connectivity index (χ3n) is 3.49. The molecule has 130 valence electrons. The average Bonchev–Trinajstić information content (AvgIpc) is 2.42. The molecule has 1 aromatic carbocycles. The molecule has 0 fully saturated rings. The zero-order chi connectivity index (χ0) is 18.1. The number of rotatable bonds is 3. The highest BCUT2D eigenvalue weighted by Crippen LogP contribution is 2.22. The Labute approximate surface area is 141 Å². The fourth-order valence-electron chi connectivity index (χ4n) is 2.38. The van der Waals surface area contributed by atoms with Gasteiger partial charge in [-0.15, -0.1) is 0 Å². The van der Waals surface area contributed by atoms with E-state index in [0.717, 1.165) is 5.56 Å². The molecule has 1 atom stereocenters. The Morgan fingerprint density at radius 1 is 1.29 bits per heavy atom. The third kappa shape index (κ3) is 4.13. The van der Waals surface area contributed by atoms with Gasteiger partial charge in [-0.25, -0.2) is 14.6 Å². The molecule has 2 rings (SSSR count). The van der Waals surface area contributed by atoms with Crippen molar-refractivity contribution in [2.75, 3.05) is 0 Å². The number of amides is 1. The van der Waals surface area contributed by atoms with Crippen LogP contribution in [0.2, 0.25) is 0 Å². The third-order valence-corrected chi connectivity index (χ3v) is 3.49. The average molecular weight is 332 g/mol. The zero-order valence-electron chi connectivity index (χ0n) is 15.0. The smallest absolute Gasteiger partial charge is 0.408 e. The largest absolute Gasteiger partial charge is 0.444 e. The van der Waals surface area contributed by atoms with Crippen molar-refractivity contribution in [3.05, 3.63) is 40.1 Å². The van der Waals surface area contributed by atoms with Gasteiger partial charge in [0.25, 0.3) is 0 Å². The molecule has 2 aromatic rings. The van der Waals surface area contributed by atoms with Crippen LogP contribution in [-0.2, 0) is 4.74 Å². The van der Waals surface area contributed by atoms with E-state index in [1.54, 1.807) is 26.8 Å². The minimum Gasteiger partial charge on any atom is -0.444 e. The Bertz CT molecular complexity index is 803. The molecule has 0 unspecified atom stereocenters. The van der Waals surface area contributed by atoms with Gasteiger partial charge < -0.3 is 14.5 Å². The first-order valence-electron chi connectivity index (χ1n) is 7.98. The van der Waals surface area contributed by atoms with E-state index >= 15 is 0 Å². The summed E-state index contributed by atoms with van der Waals surface area (Å²) in [5.41, 5.74) is 0.296. The van der Waals surface area contributed by atoms with E-state index in [2.05, 4.69) is 10.3 Å². The van der Waals surface area contributed by atoms with Gasteiger partial charge in [-0.2, -0.15) is 0 Å². The van der Waals surface area contributed by atoms with Gasteiger partial charge in [0.1, 0.15) is 11.6 Å². The van der Waals surface area contributed by atoms with Crippen molar-refractivity contribution in [1.29, 1.82) is 0 Å². The number of hydrogen-bond donors (Lipinski definition) is 1. The molecule has 0 aliphatic heterocycles. The highest BCUT2D eigenvalue weighted by Gasteiger charge is 2.26. The summed E-state index contributed by atoms with van der Waals surface area (Å²) in [5, 5.41) is 3.20. The summed E-state index contributed by atoms with van der Waals surface area (Å²) >= 11 is 0. The molecular weight excluding hydrogens is 308 g/mol. The van der Waals surface area contributed by atoms with E-state index < -0.39 is 23.4 Å². The molecule has 24 heavy (non-hydrogen) atoms. The second-order valence-electron chi connectivity index (χ2n) is 7.18. The van der Waals surface area contributed by atoms with E-state index in [-0.39, 0.29) is 11.8 Å². The Hall–Kier alpha value is -2.37. The topological polar surface area (TPSA) is 81.4 Å². The van der Waals surface area contributed by atoms with Gasteiger partial charge in [-0.1, -0.05) is 26.0 Å². The van der Waals surface area contributed by atoms with Crippen LogP contribution in [0, 0.1) is 12.8 Å². The number of hydrogen-bond acceptors (Lipinski definition) is 5. The molecule has 0 bridgehead atoms. The summed E-state index contributed by atoms with van der Waals surface area (Å²) < 4.78 is 10.7. The minimum absolute atomic E-state index is 0.0320. The predicted molar refractivity (Wildman–Crippen MR) is 92.0 cm³/mol. The number of nitrogens with zero attached hydrogens (tertiary/aromatic N) is 1. The summed E-state index contributed by atoms with van der Waals surface area (Å²) in [4.78, 5) is 28.8. The lowest BCUT2D eigenvalue weighted by molar-refractivity contribution is 0.0477. The van der Waals surface area contributed by atoms with Gasteiger partial charge in [0.2, 0.25) is 5.89 Å². The highest BCUT2D eigenvalue weighted by molar-refractivity contribution is 5.80. The van der Waals surface area contributed by atoms with Gasteiger partial charge >= 0.3 is 11.7 Å². The van der Waals surface area contributed by atoms with Crippen LogP contribution >= 0.6 is 0 Å². The fourth-order valence-corrected chi connectivity index (χ4v) is 2.38. The monoisotopic (exact) mass is 332 g/mol. The molecule has 1 N–H and O–H groups in total. The van der Waals surface area contributed by atoms with Crippen LogP contribution in [0.5, 0.6) is 0 Å². The summed E-state index contributed by atoms with van der Waals surface area (Å²) in [7, 11) is 0. The van der Waals surface area contributed by atoms with Crippen molar-refractivity contribution in [2.45, 2.75) is 53.2 Å². The number of carbonyl (C=O) groups is 1. The summed E-state index contributed by atoms with van der Waals surface area (Å²) in [6.07, 6.45) is -0.574. The second-order valence-corrected chi connectivity index (χ2v) is 7.18. The Balaban J connectivity index is 2.40. The van der Waals surface area contributed by atoms with Crippen LogP contribution in [0.1, 0.15) is 52.1 Å². The van der Waals surface area contributed by atoms with E-state index in [9.17, 15) is 9.59 Å². The van der Waals surface area contributed by atoms with Crippen molar-refractivity contribution < 1.29 is 13.9 Å². The van der Waals surface area contributed by atoms with E-state index in [1.807, 2.05) is 32.9 Å². The lowest BCUT2D eigenvalue weighted by atomic mass is 10.0. The highest BCUT2D eigenvalue weighted by atomic mass is 16.6. The quantitative estimate of drug-likeness (QED) is 0.926. The van der Waals surface area contributed by atoms with Gasteiger partial charge in [0, 0.05) is 0 Å². The first-order chi connectivity index (χ1) is 11.1. The maximum atomic E-state index is 12.3. The maximum Gasteiger partial charge on any atom is 0.408 e. The molecule has 0 saturated heterocycles. The number of alkyl carbamates (subject to hydrolysis) is 1. The summed E-state index contributed by atoms with van der Waals surface area (Å²) in [6, 6.07) is 4.87. The van der Waals surface area contributed by atoms with Gasteiger partial charge in [0.15, 0.2) is 0 Å². The van der Waals surface area contributed by atoms with E-state index in [1.165, 1.54) is 0 Å². The van der Waals surface area contributed by atoms with Crippen molar-refractivity contribution in [2.24, 2.45) is 5.92 Å². The van der Waals surface area contributed by atoms with E-state index in [0.29, 0.717) is 10.9 Å². The maximum absolute atomic E-state index is 12.3. The lowest BCUT2D eigenvalue weighted by Crippen LogP contribution is -2.37. The van der Waals surface area contributed by atoms with Gasteiger partial charge in [0.05, 0.1) is 10.9 Å². The zero-order valence-corrected chi connectivity index (χ0v) is 15.0. The molecule has 1 heterocycles. The molecule has 0 spiro atoms. The number of fused-ring (bicyclic) bond motifs is 1. The molecule has 0 aliphatic rings. The number of nitrogens with one attached hydrogen (secondary N) is 1. The Morgan fingerprint density at radius 2 is 1.96 bits per heavy atom. The molecule has 0 saturated carbocycles. The first-order valence-corrected chi connectivity index (χ1v) is 7.98. The molecule has 6 heteroatoms. The van der Waals surface area contributed by atoms with Crippen molar-refractivity contribution >= 4 is 17.0 Å². The van der Waals surface area contributed by atoms with Gasteiger partial charge in [-0.05, 0) is 45.2 Å². The fraction of sp³-hybridized carbons (Fsp3) is 0.500. The van der Waals surface area contributed by atoms with Crippen LogP contribution in [0.3, 0.4) is 0 Å². The molecule has 6 nitrogen and oxygen atoms in total. The standard InChI is InChI=1S/C18H24N2O4/c1-10(2)14(20-17(22)24-18(4,5)6)15-19-12-9-7-8-11(3)13(12)16(21)23-15/h7-10,14H,1-6H3,(H,20,22)/t14-/m0/s1. The predicted octanol–water partition coefficient (Wildman–Crippen LogP) is 3.72. The van der Waals surface area contributed by atoms with Crippen molar-refractivity contribution in [3.8, 4) is 0 Å². The van der Waals surface area contributed by atoms with Gasteiger partial charge in [-0.3, -0.25) is 0 Å². The molecule has 1 aromatic heterocycles. The Kier molecular flexibility index (Phi) is 4.96. The van der Waals surface area contributed by atoms with Crippen molar-refractivity contribution in [3.63, 3.8) is 0 Å². The summed E-state index contributed by atoms with van der Waals surface area (Å²) in [5.74, 6) is 0.148. The second kappa shape index (κ2) is 6.63. The minimum atomic E-state index is -0.611. The first kappa shape index (κ1) is 18.0. The van der Waals surface area contributed by atoms with Crippen LogP contribution in [0.4, 0.5) is 4.79 Å². The van der Waals surface area contributed by atoms with Crippen LogP contribution in [0.25, 0.3) is 10.9 Å². The number of aryl methyl sites for hydroxylation is 1. The molecule has 1 amide bonds. The number of carbonyl (C=O) groups excluding carboxylic acids is 1. The normalized spacial score (nSPS) is 13.1. The number of aromatic nitrogens is 1. The molecule has 0 radical (unpaired) electrons. The lowest BCUT2D eigenvalue weighted by Gasteiger charge is -2.24. The Morgan fingerprint density at radius 3 is 2.54 bits per heavy atom. The molecular formula is C18H24N2O4. The number of ether oxygens (including phenoxy) is 1.